The van der Waals surface area contributed by atoms with E-state index in [9.17, 15) is 0 Å². The zero-order chi connectivity index (χ0) is 38.1. The summed E-state index contributed by atoms with van der Waals surface area (Å²) in [6.45, 7) is 4.72. The summed E-state index contributed by atoms with van der Waals surface area (Å²) in [5.41, 5.74) is 14.9. The molecule has 2 nitrogen and oxygen atoms in total. The summed E-state index contributed by atoms with van der Waals surface area (Å²) in [4.78, 5) is 10.9. The van der Waals surface area contributed by atoms with Crippen molar-refractivity contribution in [2.45, 2.75) is 19.3 Å². The molecule has 1 aromatic heterocycles. The molecule has 9 aromatic carbocycles. The molecule has 1 aliphatic rings. The number of hydrogen-bond donors (Lipinski definition) is 0. The van der Waals surface area contributed by atoms with Crippen LogP contribution in [0.4, 0.5) is 0 Å². The maximum Gasteiger partial charge on any atom is 0.160 e. The normalized spacial score (nSPS) is 12.9. The Morgan fingerprint density at radius 1 is 0.351 bits per heavy atom. The summed E-state index contributed by atoms with van der Waals surface area (Å²) < 4.78 is 0. The van der Waals surface area contributed by atoms with Gasteiger partial charge < -0.3 is 0 Å². The quantitative estimate of drug-likeness (QED) is 0.130. The van der Waals surface area contributed by atoms with Gasteiger partial charge in [-0.05, 0) is 89.0 Å². The topological polar surface area (TPSA) is 25.8 Å². The molecule has 0 bridgehead atoms. The second-order valence-electron chi connectivity index (χ2n) is 15.7. The van der Waals surface area contributed by atoms with Crippen molar-refractivity contribution in [1.82, 2.24) is 9.97 Å². The molecular formula is C55H38N2. The summed E-state index contributed by atoms with van der Waals surface area (Å²) in [5, 5.41) is 7.22. The van der Waals surface area contributed by atoms with Gasteiger partial charge in [0, 0.05) is 22.1 Å². The minimum atomic E-state index is -0.164. The van der Waals surface area contributed by atoms with E-state index < -0.39 is 0 Å². The number of nitrogens with zero attached hydrogens (tertiary/aromatic N) is 2. The predicted molar refractivity (Wildman–Crippen MR) is 239 cm³/mol. The first-order valence-electron chi connectivity index (χ1n) is 19.7. The first kappa shape index (κ1) is 33.2. The Labute approximate surface area is 332 Å². The Hall–Kier alpha value is -7.16. The predicted octanol–water partition coefficient (Wildman–Crippen LogP) is 14.6. The van der Waals surface area contributed by atoms with Crippen LogP contribution in [0.5, 0.6) is 0 Å². The third-order valence-electron chi connectivity index (χ3n) is 12.1. The molecule has 0 unspecified atom stereocenters. The number of hydrogen-bond acceptors (Lipinski definition) is 2. The molecule has 2 heteroatoms. The fraction of sp³-hybridized carbons (Fsp3) is 0.0545. The minimum Gasteiger partial charge on any atom is -0.228 e. The van der Waals surface area contributed by atoms with Crippen molar-refractivity contribution in [1.29, 1.82) is 0 Å². The van der Waals surface area contributed by atoms with Crippen molar-refractivity contribution in [3.63, 3.8) is 0 Å². The molecule has 0 radical (unpaired) electrons. The second kappa shape index (κ2) is 13.0. The van der Waals surface area contributed by atoms with Crippen LogP contribution in [-0.2, 0) is 5.41 Å². The molecule has 268 valence electrons. The van der Waals surface area contributed by atoms with Crippen molar-refractivity contribution in [3.8, 4) is 67.3 Å². The first-order valence-corrected chi connectivity index (χ1v) is 19.7. The maximum atomic E-state index is 5.48. The Morgan fingerprint density at radius 2 is 0.930 bits per heavy atom. The summed E-state index contributed by atoms with van der Waals surface area (Å²) >= 11 is 0. The molecule has 57 heavy (non-hydrogen) atoms. The van der Waals surface area contributed by atoms with Crippen LogP contribution in [0, 0.1) is 0 Å². The maximum absolute atomic E-state index is 5.48. The molecule has 0 N–H and O–H groups in total. The van der Waals surface area contributed by atoms with E-state index >= 15 is 0 Å². The largest absolute Gasteiger partial charge is 0.228 e. The zero-order valence-electron chi connectivity index (χ0n) is 31.9. The van der Waals surface area contributed by atoms with E-state index in [1.165, 1.54) is 71.3 Å². The van der Waals surface area contributed by atoms with E-state index in [4.69, 9.17) is 9.97 Å². The molecule has 0 fully saturated rings. The lowest BCUT2D eigenvalue weighted by Gasteiger charge is -2.25. The fourth-order valence-corrected chi connectivity index (χ4v) is 9.39. The lowest BCUT2D eigenvalue weighted by atomic mass is 9.78. The van der Waals surface area contributed by atoms with Crippen LogP contribution in [0.2, 0.25) is 0 Å². The van der Waals surface area contributed by atoms with Gasteiger partial charge in [0.15, 0.2) is 5.82 Å². The molecule has 0 amide bonds. The Balaban J connectivity index is 1.18. The lowest BCUT2D eigenvalue weighted by molar-refractivity contribution is 0.662. The van der Waals surface area contributed by atoms with Gasteiger partial charge in [0.05, 0.1) is 11.4 Å². The molecular weight excluding hydrogens is 689 g/mol. The van der Waals surface area contributed by atoms with Crippen LogP contribution in [0.3, 0.4) is 0 Å². The highest BCUT2D eigenvalue weighted by molar-refractivity contribution is 6.20. The second-order valence-corrected chi connectivity index (χ2v) is 15.7. The number of fused-ring (bicyclic) bond motifs is 7. The van der Waals surface area contributed by atoms with Crippen LogP contribution in [0.1, 0.15) is 25.0 Å². The third kappa shape index (κ3) is 5.33. The molecule has 11 rings (SSSR count). The van der Waals surface area contributed by atoms with Gasteiger partial charge in [0.25, 0.3) is 0 Å². The molecule has 0 saturated carbocycles. The fourth-order valence-electron chi connectivity index (χ4n) is 9.39. The monoisotopic (exact) mass is 726 g/mol. The van der Waals surface area contributed by atoms with Gasteiger partial charge in [-0.15, -0.1) is 0 Å². The highest BCUT2D eigenvalue weighted by Gasteiger charge is 2.37. The van der Waals surface area contributed by atoms with Crippen LogP contribution in [0.25, 0.3) is 99.6 Å². The molecule has 0 spiro atoms. The lowest BCUT2D eigenvalue weighted by Crippen LogP contribution is -2.16. The molecule has 10 aromatic rings. The van der Waals surface area contributed by atoms with Gasteiger partial charge in [-0.3, -0.25) is 0 Å². The molecule has 1 aliphatic carbocycles. The van der Waals surface area contributed by atoms with Gasteiger partial charge in [-0.25, -0.2) is 9.97 Å². The number of benzene rings is 9. The number of aromatic nitrogens is 2. The summed E-state index contributed by atoms with van der Waals surface area (Å²) in [5.74, 6) is 0.699. The van der Waals surface area contributed by atoms with E-state index in [1.54, 1.807) is 0 Å². The number of rotatable bonds is 5. The van der Waals surface area contributed by atoms with Crippen molar-refractivity contribution < 1.29 is 0 Å². The van der Waals surface area contributed by atoms with Crippen LogP contribution in [0.15, 0.2) is 194 Å². The van der Waals surface area contributed by atoms with Gasteiger partial charge in [-0.1, -0.05) is 196 Å². The smallest absolute Gasteiger partial charge is 0.160 e. The van der Waals surface area contributed by atoms with E-state index in [0.717, 1.165) is 33.6 Å². The third-order valence-corrected chi connectivity index (χ3v) is 12.1. The average molecular weight is 727 g/mol. The molecule has 0 aliphatic heterocycles. The molecule has 0 atom stereocenters. The van der Waals surface area contributed by atoms with Gasteiger partial charge >= 0.3 is 0 Å². The highest BCUT2D eigenvalue weighted by Crippen LogP contribution is 2.53. The van der Waals surface area contributed by atoms with E-state index in [2.05, 4.69) is 208 Å². The highest BCUT2D eigenvalue weighted by atomic mass is 14.9. The van der Waals surface area contributed by atoms with Crippen molar-refractivity contribution in [2.75, 3.05) is 0 Å². The van der Waals surface area contributed by atoms with E-state index in [1.807, 2.05) is 0 Å². The molecule has 1 heterocycles. The SMILES string of the molecule is CC1(C)c2ccccc2-c2cccc(-c3ccccc3-c3cc(-c4c5ccccc5cc5c4ccc4ccccc45)nc(-c4ccc(-c5ccccc5)cc4)n3)c21. The van der Waals surface area contributed by atoms with Crippen molar-refractivity contribution in [2.24, 2.45) is 0 Å². The standard InChI is InChI=1S/C55H38N2/c1-55(2)49-26-13-12-22-43(49)47-25-14-24-46(53(47)55)42-21-10-11-23-44(42)50-34-51(57-54(56-50)38-29-27-36(28-30-38)35-15-4-3-5-16-35)52-41-20-9-7-18-39(41)33-48-40-19-8-6-17-37(40)31-32-45(48)52/h3-34H,1-2H3. The van der Waals surface area contributed by atoms with Crippen LogP contribution >= 0.6 is 0 Å². The Morgan fingerprint density at radius 3 is 1.74 bits per heavy atom. The van der Waals surface area contributed by atoms with Crippen LogP contribution in [-0.4, -0.2) is 9.97 Å². The van der Waals surface area contributed by atoms with Gasteiger partial charge in [0.2, 0.25) is 0 Å². The molecule has 0 saturated heterocycles. The minimum absolute atomic E-state index is 0.164. The summed E-state index contributed by atoms with van der Waals surface area (Å²) in [6.07, 6.45) is 0. The van der Waals surface area contributed by atoms with E-state index in [-0.39, 0.29) is 5.41 Å². The van der Waals surface area contributed by atoms with Gasteiger partial charge in [-0.2, -0.15) is 0 Å². The van der Waals surface area contributed by atoms with Crippen molar-refractivity contribution >= 4 is 32.3 Å². The summed E-state index contributed by atoms with van der Waals surface area (Å²) in [7, 11) is 0. The average Bonchev–Trinajstić information content (AvgIpc) is 3.51. The van der Waals surface area contributed by atoms with E-state index in [0.29, 0.717) is 5.82 Å². The van der Waals surface area contributed by atoms with Gasteiger partial charge in [0.1, 0.15) is 0 Å². The Kier molecular flexibility index (Phi) is 7.55. The van der Waals surface area contributed by atoms with Crippen LogP contribution < -0.4 is 0 Å². The Bertz CT molecular complexity index is 3190. The summed E-state index contributed by atoms with van der Waals surface area (Å²) in [6, 6.07) is 70.1. The first-order chi connectivity index (χ1) is 28.0. The zero-order valence-corrected chi connectivity index (χ0v) is 31.9. The van der Waals surface area contributed by atoms with Crippen molar-refractivity contribution in [3.05, 3.63) is 205 Å².